The Morgan fingerprint density at radius 2 is 2.16 bits per heavy atom. The van der Waals surface area contributed by atoms with Crippen LogP contribution in [0.3, 0.4) is 0 Å². The molecule has 0 aliphatic carbocycles. The lowest BCUT2D eigenvalue weighted by Crippen LogP contribution is -2.38. The minimum atomic E-state index is -1.23. The summed E-state index contributed by atoms with van der Waals surface area (Å²) in [4.78, 5) is 14.9. The molecule has 1 amide bonds. The highest BCUT2D eigenvalue weighted by atomic mass is 16.4. The molecule has 19 heavy (non-hydrogen) atoms. The molecule has 0 radical (unpaired) electrons. The van der Waals surface area contributed by atoms with Crippen molar-refractivity contribution in [1.29, 1.82) is 0 Å². The van der Waals surface area contributed by atoms with E-state index in [2.05, 4.69) is 10.3 Å². The van der Waals surface area contributed by atoms with Crippen LogP contribution in [0.2, 0.25) is 0 Å². The van der Waals surface area contributed by atoms with Gasteiger partial charge in [0.2, 0.25) is 0 Å². The van der Waals surface area contributed by atoms with Gasteiger partial charge in [-0.3, -0.25) is 4.79 Å². The Kier molecular flexibility index (Phi) is 3.48. The van der Waals surface area contributed by atoms with Gasteiger partial charge in [-0.15, -0.1) is 0 Å². The van der Waals surface area contributed by atoms with Crippen LogP contribution >= 0.6 is 0 Å². The van der Waals surface area contributed by atoms with Crippen LogP contribution in [-0.4, -0.2) is 22.5 Å². The molecule has 102 valence electrons. The molecule has 1 atom stereocenters. The Hall–Kier alpha value is -2.01. The van der Waals surface area contributed by atoms with Gasteiger partial charge in [0.05, 0.1) is 12.1 Å². The molecule has 5 heteroatoms. The molecular formula is C14H18N2O3. The predicted molar refractivity (Wildman–Crippen MR) is 70.9 cm³/mol. The number of aryl methyl sites for hydroxylation is 2. The third-order valence-electron chi connectivity index (χ3n) is 3.06. The summed E-state index contributed by atoms with van der Waals surface area (Å²) in [6, 6.07) is 5.20. The van der Waals surface area contributed by atoms with Crippen LogP contribution in [0.15, 0.2) is 28.8 Å². The topological polar surface area (TPSA) is 78.3 Å². The van der Waals surface area contributed by atoms with Crippen LogP contribution < -0.4 is 5.32 Å². The van der Waals surface area contributed by atoms with E-state index in [4.69, 9.17) is 4.42 Å². The van der Waals surface area contributed by atoms with Crippen LogP contribution in [0, 0.1) is 13.8 Å². The SMILES string of the molecule is Cc1ccc(C(C)(O)CNC(=O)c2cc[nH]c2C)o1. The fourth-order valence-corrected chi connectivity index (χ4v) is 1.86. The van der Waals surface area contributed by atoms with Crippen molar-refractivity contribution in [2.75, 3.05) is 6.54 Å². The quantitative estimate of drug-likeness (QED) is 0.787. The Morgan fingerprint density at radius 1 is 1.42 bits per heavy atom. The first kappa shape index (κ1) is 13.4. The molecule has 0 saturated carbocycles. The van der Waals surface area contributed by atoms with E-state index in [1.54, 1.807) is 38.2 Å². The Labute approximate surface area is 111 Å². The van der Waals surface area contributed by atoms with E-state index in [0.717, 1.165) is 11.5 Å². The molecular weight excluding hydrogens is 244 g/mol. The van der Waals surface area contributed by atoms with E-state index in [0.29, 0.717) is 11.3 Å². The summed E-state index contributed by atoms with van der Waals surface area (Å²) < 4.78 is 5.39. The highest BCUT2D eigenvalue weighted by molar-refractivity contribution is 5.95. The maximum Gasteiger partial charge on any atom is 0.253 e. The average Bonchev–Trinajstić information content (AvgIpc) is 2.95. The lowest BCUT2D eigenvalue weighted by Gasteiger charge is -2.21. The summed E-state index contributed by atoms with van der Waals surface area (Å²) in [6.45, 7) is 5.32. The first-order chi connectivity index (χ1) is 8.90. The predicted octanol–water partition coefficient (Wildman–Crippen LogP) is 1.86. The smallest absolute Gasteiger partial charge is 0.253 e. The van der Waals surface area contributed by atoms with Gasteiger partial charge >= 0.3 is 0 Å². The highest BCUT2D eigenvalue weighted by Crippen LogP contribution is 2.22. The summed E-state index contributed by atoms with van der Waals surface area (Å²) >= 11 is 0. The summed E-state index contributed by atoms with van der Waals surface area (Å²) in [5.74, 6) is 0.946. The summed E-state index contributed by atoms with van der Waals surface area (Å²) in [5, 5.41) is 13.0. The molecule has 2 aromatic rings. The lowest BCUT2D eigenvalue weighted by atomic mass is 10.0. The Balaban J connectivity index is 2.02. The molecule has 2 heterocycles. The molecule has 0 aliphatic heterocycles. The largest absolute Gasteiger partial charge is 0.463 e. The monoisotopic (exact) mass is 262 g/mol. The van der Waals surface area contributed by atoms with Crippen molar-refractivity contribution >= 4 is 5.91 Å². The second-order valence-electron chi connectivity index (χ2n) is 4.88. The Morgan fingerprint density at radius 3 is 2.68 bits per heavy atom. The zero-order valence-corrected chi connectivity index (χ0v) is 11.3. The molecule has 0 aromatic carbocycles. The van der Waals surface area contributed by atoms with Crippen molar-refractivity contribution in [2.45, 2.75) is 26.4 Å². The maximum atomic E-state index is 11.9. The third kappa shape index (κ3) is 2.88. The van der Waals surface area contributed by atoms with E-state index < -0.39 is 5.60 Å². The molecule has 0 spiro atoms. The van der Waals surface area contributed by atoms with Gasteiger partial charge in [0.15, 0.2) is 0 Å². The van der Waals surface area contributed by atoms with Crippen molar-refractivity contribution in [3.05, 3.63) is 47.2 Å². The number of hydrogen-bond donors (Lipinski definition) is 3. The van der Waals surface area contributed by atoms with E-state index in [1.807, 2.05) is 6.92 Å². The molecule has 3 N–H and O–H groups in total. The van der Waals surface area contributed by atoms with Crippen LogP contribution in [0.1, 0.15) is 34.5 Å². The molecule has 0 saturated heterocycles. The molecule has 1 unspecified atom stereocenters. The van der Waals surface area contributed by atoms with Gasteiger partial charge in [-0.25, -0.2) is 0 Å². The van der Waals surface area contributed by atoms with Crippen molar-refractivity contribution in [3.8, 4) is 0 Å². The maximum absolute atomic E-state index is 11.9. The van der Waals surface area contributed by atoms with Gasteiger partial charge in [-0.2, -0.15) is 0 Å². The van der Waals surface area contributed by atoms with Crippen molar-refractivity contribution < 1.29 is 14.3 Å². The molecule has 5 nitrogen and oxygen atoms in total. The number of aromatic amines is 1. The molecule has 0 bridgehead atoms. The molecule has 2 aromatic heterocycles. The molecule has 2 rings (SSSR count). The van der Waals surface area contributed by atoms with E-state index in [1.165, 1.54) is 0 Å². The number of carbonyl (C=O) groups is 1. The van der Waals surface area contributed by atoms with Crippen molar-refractivity contribution in [1.82, 2.24) is 10.3 Å². The normalized spacial score (nSPS) is 14.1. The number of H-pyrrole nitrogens is 1. The van der Waals surface area contributed by atoms with E-state index >= 15 is 0 Å². The van der Waals surface area contributed by atoms with Gasteiger partial charge in [0, 0.05) is 11.9 Å². The van der Waals surface area contributed by atoms with Crippen LogP contribution in [0.5, 0.6) is 0 Å². The molecule has 0 fully saturated rings. The summed E-state index contributed by atoms with van der Waals surface area (Å²) in [6.07, 6.45) is 1.71. The minimum absolute atomic E-state index is 0.0867. The van der Waals surface area contributed by atoms with E-state index in [-0.39, 0.29) is 12.5 Å². The summed E-state index contributed by atoms with van der Waals surface area (Å²) in [5.41, 5.74) is 0.145. The second kappa shape index (κ2) is 4.93. The first-order valence-corrected chi connectivity index (χ1v) is 6.11. The van der Waals surface area contributed by atoms with Crippen LogP contribution in [-0.2, 0) is 5.60 Å². The van der Waals surface area contributed by atoms with Crippen LogP contribution in [0.4, 0.5) is 0 Å². The van der Waals surface area contributed by atoms with Gasteiger partial charge in [-0.05, 0) is 39.0 Å². The Bertz CT molecular complexity index is 581. The number of aliphatic hydroxyl groups is 1. The number of rotatable bonds is 4. The zero-order valence-electron chi connectivity index (χ0n) is 11.3. The number of aromatic nitrogens is 1. The van der Waals surface area contributed by atoms with E-state index in [9.17, 15) is 9.90 Å². The second-order valence-corrected chi connectivity index (χ2v) is 4.88. The highest BCUT2D eigenvalue weighted by Gasteiger charge is 2.27. The number of hydrogen-bond acceptors (Lipinski definition) is 3. The fraction of sp³-hybridized carbons (Fsp3) is 0.357. The van der Waals surface area contributed by atoms with Gasteiger partial charge in [0.25, 0.3) is 5.91 Å². The fourth-order valence-electron chi connectivity index (χ4n) is 1.86. The third-order valence-corrected chi connectivity index (χ3v) is 3.06. The number of furan rings is 1. The lowest BCUT2D eigenvalue weighted by molar-refractivity contribution is 0.0323. The van der Waals surface area contributed by atoms with Gasteiger partial charge in [0.1, 0.15) is 17.1 Å². The van der Waals surface area contributed by atoms with Crippen LogP contribution in [0.25, 0.3) is 0 Å². The number of nitrogens with one attached hydrogen (secondary N) is 2. The van der Waals surface area contributed by atoms with Gasteiger partial charge in [-0.1, -0.05) is 0 Å². The average molecular weight is 262 g/mol. The summed E-state index contributed by atoms with van der Waals surface area (Å²) in [7, 11) is 0. The van der Waals surface area contributed by atoms with Crippen molar-refractivity contribution in [3.63, 3.8) is 0 Å². The standard InChI is InChI=1S/C14H18N2O3/c1-9-4-5-12(19-9)14(3,18)8-16-13(17)11-6-7-15-10(11)2/h4-7,15,18H,8H2,1-3H3,(H,16,17). The minimum Gasteiger partial charge on any atom is -0.463 e. The molecule has 0 aliphatic rings. The van der Waals surface area contributed by atoms with Crippen molar-refractivity contribution in [2.24, 2.45) is 0 Å². The number of carbonyl (C=O) groups excluding carboxylic acids is 1. The number of amides is 1. The first-order valence-electron chi connectivity index (χ1n) is 6.11. The van der Waals surface area contributed by atoms with Gasteiger partial charge < -0.3 is 19.8 Å². The zero-order chi connectivity index (χ0) is 14.0.